The van der Waals surface area contributed by atoms with Gasteiger partial charge in [-0.05, 0) is 90.4 Å². The quantitative estimate of drug-likeness (QED) is 0.279. The summed E-state index contributed by atoms with van der Waals surface area (Å²) in [4.78, 5) is 21.9. The maximum atomic E-state index is 13.5. The van der Waals surface area contributed by atoms with E-state index in [9.17, 15) is 13.2 Å². The lowest BCUT2D eigenvalue weighted by Crippen LogP contribution is -2.22. The lowest BCUT2D eigenvalue weighted by atomic mass is 9.93. The molecule has 0 spiro atoms. The van der Waals surface area contributed by atoms with Crippen LogP contribution in [0, 0.1) is 16.4 Å². The van der Waals surface area contributed by atoms with E-state index in [4.69, 9.17) is 18.5 Å². The zero-order valence-corrected chi connectivity index (χ0v) is 23.1. The molecule has 196 valence electrons. The van der Waals surface area contributed by atoms with Gasteiger partial charge < -0.3 is 14.5 Å². The van der Waals surface area contributed by atoms with E-state index in [1.807, 2.05) is 6.92 Å². The lowest BCUT2D eigenvalue weighted by Gasteiger charge is -2.26. The minimum absolute atomic E-state index is 0.000889. The van der Waals surface area contributed by atoms with Crippen LogP contribution in [0.5, 0.6) is 0 Å². The number of benzene rings is 1. The summed E-state index contributed by atoms with van der Waals surface area (Å²) in [6, 6.07) is 8.08. The van der Waals surface area contributed by atoms with Gasteiger partial charge in [-0.3, -0.25) is 8.98 Å². The molecule has 5 rings (SSSR count). The first-order valence-electron chi connectivity index (χ1n) is 12.0. The summed E-state index contributed by atoms with van der Waals surface area (Å²) >= 11 is 2.29. The molecule has 0 saturated heterocycles. The minimum atomic E-state index is -3.97. The molecule has 3 heterocycles. The summed E-state index contributed by atoms with van der Waals surface area (Å²) < 4.78 is 40.1. The van der Waals surface area contributed by atoms with Gasteiger partial charge in [-0.1, -0.05) is 6.07 Å². The van der Waals surface area contributed by atoms with Gasteiger partial charge >= 0.3 is 10.3 Å². The average molecular weight is 638 g/mol. The van der Waals surface area contributed by atoms with Crippen molar-refractivity contribution in [3.63, 3.8) is 0 Å². The second-order valence-electron chi connectivity index (χ2n) is 9.38. The molecule has 3 N–H and O–H groups in total. The van der Waals surface area contributed by atoms with Gasteiger partial charge in [-0.2, -0.15) is 8.42 Å². The van der Waals surface area contributed by atoms with Crippen molar-refractivity contribution in [1.29, 1.82) is 0 Å². The van der Waals surface area contributed by atoms with Crippen molar-refractivity contribution < 1.29 is 26.5 Å². The largest absolute Gasteiger partial charge is 0.457 e. The maximum absolute atomic E-state index is 13.5. The Morgan fingerprint density at radius 3 is 2.92 bits per heavy atom. The van der Waals surface area contributed by atoms with Gasteiger partial charge in [-0.25, -0.2) is 15.1 Å². The maximum Gasteiger partial charge on any atom is 0.333 e. The van der Waals surface area contributed by atoms with Gasteiger partial charge in [0.2, 0.25) is 5.78 Å². The van der Waals surface area contributed by atoms with Crippen LogP contribution in [0.2, 0.25) is 0 Å². The van der Waals surface area contributed by atoms with Crippen LogP contribution >= 0.6 is 22.6 Å². The van der Waals surface area contributed by atoms with Crippen LogP contribution in [-0.4, -0.2) is 43.4 Å². The van der Waals surface area contributed by atoms with Crippen molar-refractivity contribution >= 4 is 44.5 Å². The van der Waals surface area contributed by atoms with Crippen molar-refractivity contribution in [3.05, 3.63) is 74.1 Å². The second kappa shape index (κ2) is 10.8. The van der Waals surface area contributed by atoms with Crippen molar-refractivity contribution in [1.82, 2.24) is 9.97 Å². The van der Waals surface area contributed by atoms with Crippen LogP contribution in [0.15, 0.2) is 41.2 Å². The number of aryl methyl sites for hydroxylation is 1. The summed E-state index contributed by atoms with van der Waals surface area (Å²) in [5.74, 6) is 0.927. The van der Waals surface area contributed by atoms with Crippen LogP contribution in [-0.2, 0) is 25.6 Å². The number of carbonyl (C=O) groups is 1. The molecule has 1 aromatic carbocycles. The molecule has 1 aliphatic heterocycles. The van der Waals surface area contributed by atoms with Crippen molar-refractivity contribution in [2.24, 2.45) is 11.1 Å². The third-order valence-electron chi connectivity index (χ3n) is 6.82. The van der Waals surface area contributed by atoms with Crippen LogP contribution in [0.25, 0.3) is 0 Å². The molecule has 12 heteroatoms. The standard InChI is InChI=1S/C25H27IN4O6S/c1-14-19(24-20-9-17(26)4-3-16(20)6-7-34-24)10-22(36-14)23(31)21-11-28-13-29-25(21)30-18-5-2-15(8-18)12-35-37(27,32)33/h3-4,9-11,13,15,18,24H,2,5-8,12H2,1H3,(H2,27,32,33)(H,28,29,30)/t15-,18+,24?/m1/s1. The average Bonchev–Trinajstić information content (AvgIpc) is 3.48. The molecule has 0 amide bonds. The molecule has 37 heavy (non-hydrogen) atoms. The van der Waals surface area contributed by atoms with Crippen molar-refractivity contribution in [3.8, 4) is 0 Å². The third-order valence-corrected chi connectivity index (χ3v) is 7.95. The van der Waals surface area contributed by atoms with Crippen LogP contribution in [0.3, 0.4) is 0 Å². The Bertz CT molecular complexity index is 1430. The van der Waals surface area contributed by atoms with Crippen LogP contribution in [0.4, 0.5) is 5.82 Å². The van der Waals surface area contributed by atoms with Crippen LogP contribution < -0.4 is 10.5 Å². The Morgan fingerprint density at radius 1 is 1.27 bits per heavy atom. The van der Waals surface area contributed by atoms with Crippen molar-refractivity contribution in [2.75, 3.05) is 18.5 Å². The monoisotopic (exact) mass is 638 g/mol. The Kier molecular flexibility index (Phi) is 7.63. The minimum Gasteiger partial charge on any atom is -0.457 e. The lowest BCUT2D eigenvalue weighted by molar-refractivity contribution is 0.0688. The van der Waals surface area contributed by atoms with Gasteiger partial charge in [0.25, 0.3) is 0 Å². The summed E-state index contributed by atoms with van der Waals surface area (Å²) in [5.41, 5.74) is 3.45. The summed E-state index contributed by atoms with van der Waals surface area (Å²) in [7, 11) is -3.97. The highest BCUT2D eigenvalue weighted by Gasteiger charge is 2.30. The van der Waals surface area contributed by atoms with Gasteiger partial charge in [0.15, 0.2) is 5.76 Å². The number of carbonyl (C=O) groups excluding carboxylic acids is 1. The number of fused-ring (bicyclic) bond motifs is 1. The molecule has 1 saturated carbocycles. The topological polar surface area (TPSA) is 147 Å². The van der Waals surface area contributed by atoms with E-state index in [0.717, 1.165) is 34.0 Å². The van der Waals surface area contributed by atoms with E-state index >= 15 is 0 Å². The highest BCUT2D eigenvalue weighted by atomic mass is 127. The third kappa shape index (κ3) is 6.03. The number of halogens is 1. The molecule has 1 unspecified atom stereocenters. The van der Waals surface area contributed by atoms with Gasteiger partial charge in [0.1, 0.15) is 24.0 Å². The van der Waals surface area contributed by atoms with E-state index in [1.54, 1.807) is 6.07 Å². The molecule has 1 aliphatic carbocycles. The first-order valence-corrected chi connectivity index (χ1v) is 14.5. The second-order valence-corrected chi connectivity index (χ2v) is 11.8. The highest BCUT2D eigenvalue weighted by Crippen LogP contribution is 2.37. The smallest absolute Gasteiger partial charge is 0.333 e. The Morgan fingerprint density at radius 2 is 2.11 bits per heavy atom. The molecule has 2 aromatic heterocycles. The number of nitrogens with two attached hydrogens (primary N) is 1. The fourth-order valence-corrected chi connectivity index (χ4v) is 5.92. The SMILES string of the molecule is Cc1oc(C(=O)c2cncnc2N[C@H]2CC[C@@H](COS(N)(=O)=O)C2)cc1C1OCCc2ccc(I)cc21. The van der Waals surface area contributed by atoms with Crippen LogP contribution in [0.1, 0.15) is 63.9 Å². The number of furan rings is 1. The van der Waals surface area contributed by atoms with E-state index in [0.29, 0.717) is 30.2 Å². The predicted molar refractivity (Wildman–Crippen MR) is 143 cm³/mol. The molecule has 10 nitrogen and oxygen atoms in total. The van der Waals surface area contributed by atoms with Gasteiger partial charge in [-0.15, -0.1) is 0 Å². The normalized spacial score (nSPS) is 21.5. The number of nitrogens with one attached hydrogen (secondary N) is 1. The molecular formula is C25H27IN4O6S. The zero-order valence-electron chi connectivity index (χ0n) is 20.1. The van der Waals surface area contributed by atoms with Gasteiger partial charge in [0, 0.05) is 21.4 Å². The Labute approximate surface area is 228 Å². The molecule has 1 fully saturated rings. The summed E-state index contributed by atoms with van der Waals surface area (Å²) in [5, 5.41) is 8.25. The highest BCUT2D eigenvalue weighted by molar-refractivity contribution is 14.1. The first kappa shape index (κ1) is 26.2. The number of ether oxygens (including phenoxy) is 1. The Balaban J connectivity index is 1.34. The number of aromatic nitrogens is 2. The molecule has 0 bridgehead atoms. The number of rotatable bonds is 8. The number of hydrogen-bond acceptors (Lipinski definition) is 9. The van der Waals surface area contributed by atoms with E-state index in [1.165, 1.54) is 18.1 Å². The molecule has 3 aromatic rings. The number of anilines is 1. The molecule has 0 radical (unpaired) electrons. The Hall–Kier alpha value is -2.39. The summed E-state index contributed by atoms with van der Waals surface area (Å²) in [6.45, 7) is 2.46. The molecule has 2 aliphatic rings. The van der Waals surface area contributed by atoms with E-state index in [-0.39, 0.29) is 36.2 Å². The fraction of sp³-hybridized carbons (Fsp3) is 0.400. The first-order chi connectivity index (χ1) is 17.7. The van der Waals surface area contributed by atoms with Gasteiger partial charge in [0.05, 0.1) is 18.8 Å². The zero-order chi connectivity index (χ0) is 26.2. The predicted octanol–water partition coefficient (Wildman–Crippen LogP) is 3.68. The molecular weight excluding hydrogens is 611 g/mol. The van der Waals surface area contributed by atoms with E-state index < -0.39 is 10.3 Å². The van der Waals surface area contributed by atoms with E-state index in [2.05, 4.69) is 56.1 Å². The number of ketones is 1. The fourth-order valence-electron chi connectivity index (χ4n) is 5.03. The number of hydrogen-bond donors (Lipinski definition) is 2. The molecule has 3 atom stereocenters. The summed E-state index contributed by atoms with van der Waals surface area (Å²) in [6.07, 6.45) is 5.60. The van der Waals surface area contributed by atoms with Crippen molar-refractivity contribution in [2.45, 2.75) is 44.8 Å². The number of nitrogens with zero attached hydrogens (tertiary/aromatic N) is 2.